The Morgan fingerprint density at radius 3 is 2.84 bits per heavy atom. The van der Waals surface area contributed by atoms with E-state index in [1.165, 1.54) is 0 Å². The first kappa shape index (κ1) is 14.1. The van der Waals surface area contributed by atoms with E-state index in [9.17, 15) is 9.59 Å². The highest BCUT2D eigenvalue weighted by atomic mass is 16.5. The molecule has 2 fully saturated rings. The lowest BCUT2D eigenvalue weighted by Crippen LogP contribution is -2.58. The van der Waals surface area contributed by atoms with Crippen molar-refractivity contribution >= 4 is 12.0 Å². The zero-order valence-electron chi connectivity index (χ0n) is 10.7. The molecule has 1 heterocycles. The number of urea groups is 1. The number of nitrogens with one attached hydrogen (secondary N) is 1. The number of fused-ring (bicyclic) bond motifs is 1. The molecule has 0 aromatic heterocycles. The lowest BCUT2D eigenvalue weighted by Gasteiger charge is -2.43. The molecule has 1 saturated heterocycles. The number of rotatable bonds is 3. The van der Waals surface area contributed by atoms with Crippen molar-refractivity contribution in [1.82, 2.24) is 10.2 Å². The summed E-state index contributed by atoms with van der Waals surface area (Å²) >= 11 is 0. The van der Waals surface area contributed by atoms with E-state index in [4.69, 9.17) is 14.9 Å². The monoisotopic (exact) mass is 272 g/mol. The van der Waals surface area contributed by atoms with Gasteiger partial charge in [0.15, 0.2) is 6.10 Å². The van der Waals surface area contributed by atoms with Crippen molar-refractivity contribution in [1.29, 1.82) is 0 Å². The second-order valence-corrected chi connectivity index (χ2v) is 4.99. The van der Waals surface area contributed by atoms with Crippen LogP contribution in [-0.2, 0) is 9.53 Å². The number of aliphatic hydroxyl groups is 1. The maximum Gasteiger partial charge on any atom is 0.334 e. The molecular weight excluding hydrogens is 252 g/mol. The topological polar surface area (TPSA) is 99.1 Å². The predicted molar refractivity (Wildman–Crippen MR) is 65.7 cm³/mol. The number of amides is 2. The number of ether oxygens (including phenoxy) is 1. The summed E-state index contributed by atoms with van der Waals surface area (Å²) in [5.74, 6) is -1.34. The van der Waals surface area contributed by atoms with Crippen LogP contribution in [0.5, 0.6) is 0 Å². The molecule has 3 unspecified atom stereocenters. The van der Waals surface area contributed by atoms with Gasteiger partial charge >= 0.3 is 12.0 Å². The van der Waals surface area contributed by atoms with Gasteiger partial charge in [-0.3, -0.25) is 0 Å². The number of aliphatic hydroxyl groups excluding tert-OH is 1. The van der Waals surface area contributed by atoms with Crippen molar-refractivity contribution < 1.29 is 24.5 Å². The third kappa shape index (κ3) is 3.36. The lowest BCUT2D eigenvalue weighted by atomic mass is 9.90. The molecule has 2 aliphatic rings. The van der Waals surface area contributed by atoms with Gasteiger partial charge in [-0.15, -0.1) is 0 Å². The van der Waals surface area contributed by atoms with E-state index in [1.807, 2.05) is 0 Å². The van der Waals surface area contributed by atoms with Gasteiger partial charge in [-0.05, 0) is 12.8 Å². The molecule has 3 atom stereocenters. The van der Waals surface area contributed by atoms with Crippen molar-refractivity contribution in [2.75, 3.05) is 19.7 Å². The largest absolute Gasteiger partial charge is 0.479 e. The molecule has 7 nitrogen and oxygen atoms in total. The predicted octanol–water partition coefficient (Wildman–Crippen LogP) is -0.215. The Morgan fingerprint density at radius 1 is 1.37 bits per heavy atom. The smallest absolute Gasteiger partial charge is 0.334 e. The number of nitrogens with zero attached hydrogens (tertiary/aromatic N) is 1. The fourth-order valence-corrected chi connectivity index (χ4v) is 2.72. The number of hydrogen-bond acceptors (Lipinski definition) is 4. The van der Waals surface area contributed by atoms with Crippen molar-refractivity contribution in [2.45, 2.75) is 43.9 Å². The highest BCUT2D eigenvalue weighted by Crippen LogP contribution is 2.28. The lowest BCUT2D eigenvalue weighted by molar-refractivity contribution is -0.146. The van der Waals surface area contributed by atoms with Crippen LogP contribution in [0, 0.1) is 0 Å². The summed E-state index contributed by atoms with van der Waals surface area (Å²) in [6, 6.07) is -0.245. The van der Waals surface area contributed by atoms with Crippen LogP contribution in [0.2, 0.25) is 0 Å². The van der Waals surface area contributed by atoms with Gasteiger partial charge in [0.2, 0.25) is 0 Å². The SMILES string of the molecule is O=C(O)C(O)CNC(=O)N1CCOC2CCCCC21. The Kier molecular flexibility index (Phi) is 4.60. The van der Waals surface area contributed by atoms with E-state index in [-0.39, 0.29) is 24.7 Å². The van der Waals surface area contributed by atoms with Gasteiger partial charge < -0.3 is 25.2 Å². The Balaban J connectivity index is 1.88. The Bertz CT molecular complexity index is 347. The number of carboxylic acids is 1. The zero-order chi connectivity index (χ0) is 13.8. The molecule has 2 amide bonds. The molecule has 7 heteroatoms. The third-order valence-corrected chi connectivity index (χ3v) is 3.72. The summed E-state index contributed by atoms with van der Waals surface area (Å²) in [6.07, 6.45) is 2.61. The number of aliphatic carboxylic acids is 1. The van der Waals surface area contributed by atoms with Crippen LogP contribution in [0.4, 0.5) is 4.79 Å². The van der Waals surface area contributed by atoms with Crippen LogP contribution in [0.15, 0.2) is 0 Å². The zero-order valence-corrected chi connectivity index (χ0v) is 10.7. The van der Waals surface area contributed by atoms with Crippen molar-refractivity contribution in [3.05, 3.63) is 0 Å². The van der Waals surface area contributed by atoms with Gasteiger partial charge in [0.25, 0.3) is 0 Å². The highest BCUT2D eigenvalue weighted by molar-refractivity contribution is 5.77. The maximum absolute atomic E-state index is 12.0. The van der Waals surface area contributed by atoms with E-state index >= 15 is 0 Å². The fraction of sp³-hybridized carbons (Fsp3) is 0.833. The number of carbonyl (C=O) groups is 2. The minimum atomic E-state index is -1.56. The molecule has 108 valence electrons. The number of carbonyl (C=O) groups excluding carboxylic acids is 1. The molecule has 3 N–H and O–H groups in total. The second kappa shape index (κ2) is 6.21. The van der Waals surface area contributed by atoms with Crippen LogP contribution < -0.4 is 5.32 Å². The van der Waals surface area contributed by atoms with Crippen molar-refractivity contribution in [2.24, 2.45) is 0 Å². The van der Waals surface area contributed by atoms with E-state index < -0.39 is 12.1 Å². The first-order valence-electron chi connectivity index (χ1n) is 6.66. The minimum absolute atomic E-state index is 0.0736. The minimum Gasteiger partial charge on any atom is -0.479 e. The van der Waals surface area contributed by atoms with Crippen molar-refractivity contribution in [3.63, 3.8) is 0 Å². The van der Waals surface area contributed by atoms with Gasteiger partial charge in [0, 0.05) is 6.54 Å². The molecule has 0 bridgehead atoms. The van der Waals surface area contributed by atoms with E-state index in [2.05, 4.69) is 5.32 Å². The molecule has 1 saturated carbocycles. The first-order valence-corrected chi connectivity index (χ1v) is 6.66. The summed E-state index contributed by atoms with van der Waals surface area (Å²) < 4.78 is 5.66. The molecular formula is C12H20N2O5. The molecule has 1 aliphatic heterocycles. The quantitative estimate of drug-likeness (QED) is 0.660. The summed E-state index contributed by atoms with van der Waals surface area (Å²) in [6.45, 7) is 0.745. The number of morpholine rings is 1. The van der Waals surface area contributed by atoms with E-state index in [0.717, 1.165) is 25.7 Å². The summed E-state index contributed by atoms with van der Waals surface area (Å²) in [5, 5.41) is 20.2. The average molecular weight is 272 g/mol. The van der Waals surface area contributed by atoms with Crippen LogP contribution in [0.25, 0.3) is 0 Å². The van der Waals surface area contributed by atoms with Gasteiger partial charge in [-0.25, -0.2) is 9.59 Å². The average Bonchev–Trinajstić information content (AvgIpc) is 2.43. The molecule has 19 heavy (non-hydrogen) atoms. The third-order valence-electron chi connectivity index (χ3n) is 3.72. The summed E-state index contributed by atoms with van der Waals surface area (Å²) in [5.41, 5.74) is 0. The molecule has 0 aromatic rings. The van der Waals surface area contributed by atoms with Crippen molar-refractivity contribution in [3.8, 4) is 0 Å². The normalized spacial score (nSPS) is 28.4. The summed E-state index contributed by atoms with van der Waals surface area (Å²) in [4.78, 5) is 24.2. The maximum atomic E-state index is 12.0. The van der Waals surface area contributed by atoms with E-state index in [1.54, 1.807) is 4.90 Å². The number of hydrogen-bond donors (Lipinski definition) is 3. The van der Waals surface area contributed by atoms with Gasteiger partial charge in [-0.2, -0.15) is 0 Å². The van der Waals surface area contributed by atoms with Gasteiger partial charge in [-0.1, -0.05) is 12.8 Å². The molecule has 1 aliphatic carbocycles. The molecule has 0 aromatic carbocycles. The summed E-state index contributed by atoms with van der Waals surface area (Å²) in [7, 11) is 0. The highest BCUT2D eigenvalue weighted by Gasteiger charge is 2.36. The fourth-order valence-electron chi connectivity index (χ4n) is 2.72. The van der Waals surface area contributed by atoms with Crippen LogP contribution >= 0.6 is 0 Å². The standard InChI is InChI=1S/C12H20N2O5/c15-9(11(16)17)7-13-12(18)14-5-6-19-10-4-2-1-3-8(10)14/h8-10,15H,1-7H2,(H,13,18)(H,16,17). The Labute approximate surface area is 111 Å². The van der Waals surface area contributed by atoms with Gasteiger partial charge in [0.05, 0.1) is 25.3 Å². The Hall–Kier alpha value is -1.34. The number of carboxylic acid groups (broad SMARTS) is 1. The van der Waals surface area contributed by atoms with Crippen LogP contribution in [-0.4, -0.2) is 65.1 Å². The first-order chi connectivity index (χ1) is 9.09. The molecule has 2 rings (SSSR count). The van der Waals surface area contributed by atoms with Crippen LogP contribution in [0.1, 0.15) is 25.7 Å². The van der Waals surface area contributed by atoms with E-state index in [0.29, 0.717) is 13.2 Å². The molecule has 0 spiro atoms. The second-order valence-electron chi connectivity index (χ2n) is 4.99. The van der Waals surface area contributed by atoms with Gasteiger partial charge in [0.1, 0.15) is 0 Å². The van der Waals surface area contributed by atoms with Crippen LogP contribution in [0.3, 0.4) is 0 Å². The molecule has 0 radical (unpaired) electrons. The Morgan fingerprint density at radius 2 is 2.11 bits per heavy atom.